The van der Waals surface area contributed by atoms with Gasteiger partial charge in [-0.3, -0.25) is 9.59 Å². The molecule has 0 radical (unpaired) electrons. The van der Waals surface area contributed by atoms with Gasteiger partial charge in [0.15, 0.2) is 11.6 Å². The third-order valence-electron chi connectivity index (χ3n) is 7.98. The third kappa shape index (κ3) is 3.95. The molecule has 2 saturated heterocycles. The Morgan fingerprint density at radius 1 is 0.750 bits per heavy atom. The topological polar surface area (TPSA) is 78.7 Å². The number of hydrogen-bond donors (Lipinski definition) is 2. The molecule has 6 heteroatoms. The van der Waals surface area contributed by atoms with Gasteiger partial charge in [-0.2, -0.15) is 0 Å². The van der Waals surface area contributed by atoms with Crippen LogP contribution in [0.25, 0.3) is 0 Å². The fourth-order valence-electron chi connectivity index (χ4n) is 6.10. The highest BCUT2D eigenvalue weighted by Crippen LogP contribution is 2.42. The number of nitrogen functional groups attached to an aromatic ring is 1. The van der Waals surface area contributed by atoms with E-state index in [4.69, 9.17) is 5.73 Å². The van der Waals surface area contributed by atoms with Crippen LogP contribution in [0, 0.1) is 0 Å². The Balaban J connectivity index is 1.39. The Morgan fingerprint density at radius 3 is 2.03 bits per heavy atom. The molecular weight excluding hydrogens is 448 g/mol. The molecule has 3 N–H and O–H groups in total. The predicted octanol–water partition coefficient (Wildman–Crippen LogP) is 5.24. The first-order chi connectivity index (χ1) is 17.6. The highest BCUT2D eigenvalue weighted by Gasteiger charge is 2.36. The number of anilines is 4. The van der Waals surface area contributed by atoms with Crippen molar-refractivity contribution >= 4 is 34.3 Å². The van der Waals surface area contributed by atoms with Crippen molar-refractivity contribution in [3.05, 3.63) is 82.9 Å². The van der Waals surface area contributed by atoms with Crippen LogP contribution in [-0.4, -0.2) is 48.7 Å². The van der Waals surface area contributed by atoms with Crippen LogP contribution < -0.4 is 16.0 Å². The van der Waals surface area contributed by atoms with Gasteiger partial charge in [0.05, 0.1) is 28.2 Å². The number of nitrogens with two attached hydrogens (primary N) is 1. The molecule has 2 fully saturated rings. The first kappa shape index (κ1) is 22.8. The Kier molecular flexibility index (Phi) is 5.97. The van der Waals surface area contributed by atoms with Crippen molar-refractivity contribution in [3.8, 4) is 0 Å². The molecule has 0 aromatic heterocycles. The van der Waals surface area contributed by atoms with Crippen molar-refractivity contribution < 1.29 is 9.59 Å². The van der Waals surface area contributed by atoms with Gasteiger partial charge in [-0.05, 0) is 57.0 Å². The number of carbonyl (C=O) groups is 2. The Morgan fingerprint density at radius 2 is 1.36 bits per heavy atom. The minimum absolute atomic E-state index is 0.166. The molecule has 3 aliphatic rings. The number of nitrogens with one attached hydrogen (secondary N) is 1. The summed E-state index contributed by atoms with van der Waals surface area (Å²) in [6.45, 7) is 4.17. The van der Waals surface area contributed by atoms with Crippen molar-refractivity contribution in [2.75, 3.05) is 42.1 Å². The van der Waals surface area contributed by atoms with Crippen molar-refractivity contribution in [1.29, 1.82) is 0 Å². The van der Waals surface area contributed by atoms with Gasteiger partial charge in [-0.15, -0.1) is 0 Å². The van der Waals surface area contributed by atoms with E-state index in [0.29, 0.717) is 39.7 Å². The minimum Gasteiger partial charge on any atom is -0.396 e. The number of benzene rings is 3. The second-order valence-corrected chi connectivity index (χ2v) is 10.1. The summed E-state index contributed by atoms with van der Waals surface area (Å²) >= 11 is 0. The van der Waals surface area contributed by atoms with Gasteiger partial charge < -0.3 is 20.9 Å². The van der Waals surface area contributed by atoms with Gasteiger partial charge in [0.25, 0.3) is 0 Å². The monoisotopic (exact) mass is 480 g/mol. The average Bonchev–Trinajstić information content (AvgIpc) is 2.93. The van der Waals surface area contributed by atoms with E-state index in [0.717, 1.165) is 37.3 Å². The van der Waals surface area contributed by atoms with Crippen LogP contribution in [0.2, 0.25) is 0 Å². The number of carbonyl (C=O) groups excluding carboxylic acids is 2. The quantitative estimate of drug-likeness (QED) is 0.389. The molecule has 0 bridgehead atoms. The minimum atomic E-state index is -0.182. The number of fused-ring (bicyclic) bond motifs is 2. The van der Waals surface area contributed by atoms with Gasteiger partial charge in [0.1, 0.15) is 0 Å². The first-order valence-corrected chi connectivity index (χ1v) is 13.1. The fourth-order valence-corrected chi connectivity index (χ4v) is 6.10. The van der Waals surface area contributed by atoms with Crippen molar-refractivity contribution in [3.63, 3.8) is 0 Å². The summed E-state index contributed by atoms with van der Waals surface area (Å²) in [7, 11) is 0. The predicted molar refractivity (Wildman–Crippen MR) is 145 cm³/mol. The van der Waals surface area contributed by atoms with Gasteiger partial charge in [0.2, 0.25) is 0 Å². The van der Waals surface area contributed by atoms with Crippen molar-refractivity contribution in [2.24, 2.45) is 0 Å². The van der Waals surface area contributed by atoms with E-state index in [9.17, 15) is 9.59 Å². The molecule has 1 aliphatic carbocycles. The van der Waals surface area contributed by atoms with Crippen LogP contribution in [-0.2, 0) is 0 Å². The SMILES string of the molecule is Nc1c(N2CCC(N3CCCCC3)CC2)cc(Nc2ccccc2)c2c1C(=O)c1ccccc1C2=O. The van der Waals surface area contributed by atoms with Crippen LogP contribution in [0.3, 0.4) is 0 Å². The maximum Gasteiger partial charge on any atom is 0.196 e. The summed E-state index contributed by atoms with van der Waals surface area (Å²) in [5.41, 5.74) is 11.0. The normalized spacial score (nSPS) is 18.6. The maximum atomic E-state index is 13.7. The Labute approximate surface area is 212 Å². The lowest BCUT2D eigenvalue weighted by Gasteiger charge is -2.41. The molecule has 0 unspecified atom stereocenters. The van der Waals surface area contributed by atoms with Gasteiger partial charge in [-0.1, -0.05) is 48.9 Å². The largest absolute Gasteiger partial charge is 0.396 e. The maximum absolute atomic E-state index is 13.7. The number of nitrogens with zero attached hydrogens (tertiary/aromatic N) is 2. The number of hydrogen-bond acceptors (Lipinski definition) is 6. The zero-order valence-electron chi connectivity index (χ0n) is 20.5. The Hall–Kier alpha value is -3.64. The third-order valence-corrected chi connectivity index (χ3v) is 7.98. The summed E-state index contributed by atoms with van der Waals surface area (Å²) in [5.74, 6) is -0.348. The van der Waals surface area contributed by atoms with E-state index in [1.807, 2.05) is 36.4 Å². The van der Waals surface area contributed by atoms with E-state index in [-0.39, 0.29) is 11.6 Å². The molecule has 0 amide bonds. The molecule has 36 heavy (non-hydrogen) atoms. The summed E-state index contributed by atoms with van der Waals surface area (Å²) in [6, 6.07) is 19.4. The van der Waals surface area contributed by atoms with E-state index in [2.05, 4.69) is 15.1 Å². The average molecular weight is 481 g/mol. The molecule has 0 atom stereocenters. The molecule has 0 saturated carbocycles. The Bertz CT molecular complexity index is 1310. The summed E-state index contributed by atoms with van der Waals surface area (Å²) in [6.07, 6.45) is 6.09. The van der Waals surface area contributed by atoms with E-state index < -0.39 is 0 Å². The molecule has 3 aromatic rings. The molecule has 6 rings (SSSR count). The van der Waals surface area contributed by atoms with Crippen molar-refractivity contribution in [2.45, 2.75) is 38.1 Å². The summed E-state index contributed by atoms with van der Waals surface area (Å²) < 4.78 is 0. The summed E-state index contributed by atoms with van der Waals surface area (Å²) in [5, 5.41) is 3.42. The zero-order valence-corrected chi connectivity index (χ0v) is 20.5. The lowest BCUT2D eigenvalue weighted by Crippen LogP contribution is -2.47. The molecule has 184 valence electrons. The molecule has 2 aliphatic heterocycles. The highest BCUT2D eigenvalue weighted by molar-refractivity contribution is 6.32. The molecule has 6 nitrogen and oxygen atoms in total. The van der Waals surface area contributed by atoms with E-state index >= 15 is 0 Å². The molecule has 3 aromatic carbocycles. The van der Waals surface area contributed by atoms with E-state index in [1.165, 1.54) is 32.4 Å². The highest BCUT2D eigenvalue weighted by atomic mass is 16.1. The van der Waals surface area contributed by atoms with Gasteiger partial charge in [0, 0.05) is 35.9 Å². The lowest BCUT2D eigenvalue weighted by atomic mass is 9.81. The van der Waals surface area contributed by atoms with Crippen LogP contribution in [0.1, 0.15) is 63.9 Å². The van der Waals surface area contributed by atoms with Crippen LogP contribution in [0.5, 0.6) is 0 Å². The number of piperidine rings is 2. The molecule has 2 heterocycles. The van der Waals surface area contributed by atoms with Crippen LogP contribution >= 0.6 is 0 Å². The smallest absolute Gasteiger partial charge is 0.196 e. The van der Waals surface area contributed by atoms with Crippen LogP contribution in [0.4, 0.5) is 22.7 Å². The second kappa shape index (κ2) is 9.43. The van der Waals surface area contributed by atoms with Crippen molar-refractivity contribution in [1.82, 2.24) is 4.90 Å². The molecule has 0 spiro atoms. The number of ketones is 2. The number of likely N-dealkylation sites (tertiary alicyclic amines) is 1. The lowest BCUT2D eigenvalue weighted by molar-refractivity contribution is 0.0980. The standard InChI is InChI=1S/C30H32N4O2/c31-28-25(34-17-13-21(14-18-34)33-15-7-2-8-16-33)19-24(32-20-9-3-1-4-10-20)26-27(28)30(36)23-12-6-5-11-22(23)29(26)35/h1,3-6,9-12,19,21,32H,2,7-8,13-18,31H2. The van der Waals surface area contributed by atoms with Crippen LogP contribution in [0.15, 0.2) is 60.7 Å². The fraction of sp³-hybridized carbons (Fsp3) is 0.333. The van der Waals surface area contributed by atoms with E-state index in [1.54, 1.807) is 24.3 Å². The summed E-state index contributed by atoms with van der Waals surface area (Å²) in [4.78, 5) is 32.3. The van der Waals surface area contributed by atoms with Gasteiger partial charge in [-0.25, -0.2) is 0 Å². The van der Waals surface area contributed by atoms with Gasteiger partial charge >= 0.3 is 0 Å². The number of para-hydroxylation sites is 1. The first-order valence-electron chi connectivity index (χ1n) is 13.1. The number of rotatable bonds is 4. The zero-order chi connectivity index (χ0) is 24.6. The molecular formula is C30H32N4O2. The second-order valence-electron chi connectivity index (χ2n) is 10.1.